The highest BCUT2D eigenvalue weighted by atomic mass is 32.2. The summed E-state index contributed by atoms with van der Waals surface area (Å²) in [5.41, 5.74) is 0.400. The van der Waals surface area contributed by atoms with E-state index in [0.717, 1.165) is 25.3 Å². The molecule has 0 aromatic carbocycles. The Balaban J connectivity index is 1.67. The summed E-state index contributed by atoms with van der Waals surface area (Å²) in [6.07, 6.45) is 3.58. The van der Waals surface area contributed by atoms with Gasteiger partial charge in [0.25, 0.3) is 5.76 Å². The summed E-state index contributed by atoms with van der Waals surface area (Å²) in [5.74, 6) is -0.725. The summed E-state index contributed by atoms with van der Waals surface area (Å²) in [4.78, 5) is 0. The molecular weight excluding hydrogens is 284 g/mol. The van der Waals surface area contributed by atoms with Crippen molar-refractivity contribution in [2.24, 2.45) is 5.41 Å². The fraction of sp³-hybridized carbons (Fsp3) is 0.714. The van der Waals surface area contributed by atoms with Crippen molar-refractivity contribution in [3.05, 3.63) is 23.7 Å². The first-order chi connectivity index (χ1) is 9.63. The van der Waals surface area contributed by atoms with E-state index in [1.165, 1.54) is 12.8 Å². The Hall–Kier alpha value is -0.590. The molecule has 0 amide bonds. The van der Waals surface area contributed by atoms with Gasteiger partial charge < -0.3 is 14.5 Å². The largest absolute Gasteiger partial charge is 0.464 e. The molecule has 0 bridgehead atoms. The molecule has 0 atom stereocenters. The molecule has 6 heteroatoms. The van der Waals surface area contributed by atoms with Crippen molar-refractivity contribution in [2.75, 3.05) is 20.3 Å². The lowest BCUT2D eigenvalue weighted by molar-refractivity contribution is 0.171. The van der Waals surface area contributed by atoms with Gasteiger partial charge in [-0.05, 0) is 36.8 Å². The first-order valence-electron chi connectivity index (χ1n) is 6.81. The Morgan fingerprint density at radius 2 is 2.15 bits per heavy atom. The molecule has 1 aliphatic carbocycles. The van der Waals surface area contributed by atoms with Gasteiger partial charge in [-0.1, -0.05) is 11.8 Å². The Morgan fingerprint density at radius 1 is 1.40 bits per heavy atom. The SMILES string of the molecule is COCCC1(CNCc2ccc(CSC(F)F)o2)CC1. The average molecular weight is 305 g/mol. The molecule has 1 heterocycles. The van der Waals surface area contributed by atoms with Crippen molar-refractivity contribution < 1.29 is 17.9 Å². The van der Waals surface area contributed by atoms with Crippen LogP contribution in [0.15, 0.2) is 16.5 Å². The Morgan fingerprint density at radius 3 is 2.80 bits per heavy atom. The predicted octanol–water partition coefficient (Wildman–Crippen LogP) is 3.64. The summed E-state index contributed by atoms with van der Waals surface area (Å²) in [6, 6.07) is 3.62. The minimum atomic E-state index is -2.35. The molecule has 0 unspecified atom stereocenters. The van der Waals surface area contributed by atoms with Gasteiger partial charge in [0, 0.05) is 20.3 Å². The predicted molar refractivity (Wildman–Crippen MR) is 75.9 cm³/mol. The van der Waals surface area contributed by atoms with Crippen molar-refractivity contribution >= 4 is 11.8 Å². The van der Waals surface area contributed by atoms with E-state index in [1.807, 2.05) is 6.07 Å². The summed E-state index contributed by atoms with van der Waals surface area (Å²) < 4.78 is 34.8. The Labute approximate surface area is 122 Å². The van der Waals surface area contributed by atoms with Crippen molar-refractivity contribution in [2.45, 2.75) is 37.3 Å². The molecule has 1 aromatic heterocycles. The third kappa shape index (κ3) is 5.07. The molecule has 1 aliphatic rings. The number of furan rings is 1. The fourth-order valence-corrected chi connectivity index (χ4v) is 2.65. The lowest BCUT2D eigenvalue weighted by atomic mass is 10.0. The maximum Gasteiger partial charge on any atom is 0.284 e. The summed E-state index contributed by atoms with van der Waals surface area (Å²) in [7, 11) is 1.73. The topological polar surface area (TPSA) is 34.4 Å². The standard InChI is InChI=1S/C14H21F2NO2S/c1-18-7-6-14(4-5-14)10-17-8-11-2-3-12(19-11)9-20-13(15)16/h2-3,13,17H,4-10H2,1H3. The van der Waals surface area contributed by atoms with E-state index >= 15 is 0 Å². The van der Waals surface area contributed by atoms with Gasteiger partial charge >= 0.3 is 0 Å². The van der Waals surface area contributed by atoms with E-state index in [1.54, 1.807) is 13.2 Å². The molecule has 3 nitrogen and oxygen atoms in total. The molecule has 114 valence electrons. The van der Waals surface area contributed by atoms with Gasteiger partial charge in [-0.3, -0.25) is 0 Å². The Kier molecular flexibility index (Phi) is 5.86. The van der Waals surface area contributed by atoms with Crippen molar-refractivity contribution in [1.29, 1.82) is 0 Å². The minimum absolute atomic E-state index is 0.218. The number of hydrogen-bond acceptors (Lipinski definition) is 4. The van der Waals surface area contributed by atoms with Crippen LogP contribution in [-0.2, 0) is 17.0 Å². The summed E-state index contributed by atoms with van der Waals surface area (Å²) in [5, 5.41) is 3.39. The minimum Gasteiger partial charge on any atom is -0.464 e. The maximum absolute atomic E-state index is 12.1. The second-order valence-electron chi connectivity index (χ2n) is 5.29. The van der Waals surface area contributed by atoms with Gasteiger partial charge in [0.2, 0.25) is 0 Å². The number of rotatable bonds is 10. The van der Waals surface area contributed by atoms with Crippen molar-refractivity contribution in [1.82, 2.24) is 5.32 Å². The van der Waals surface area contributed by atoms with Gasteiger partial charge in [-0.15, -0.1) is 0 Å². The number of nitrogens with one attached hydrogen (secondary N) is 1. The maximum atomic E-state index is 12.1. The lowest BCUT2D eigenvalue weighted by Gasteiger charge is -2.14. The van der Waals surface area contributed by atoms with E-state index < -0.39 is 5.76 Å². The van der Waals surface area contributed by atoms with Crippen molar-refractivity contribution in [3.63, 3.8) is 0 Å². The van der Waals surface area contributed by atoms with Gasteiger partial charge in [0.05, 0.1) is 12.3 Å². The highest BCUT2D eigenvalue weighted by Crippen LogP contribution is 2.48. The summed E-state index contributed by atoms with van der Waals surface area (Å²) in [6.45, 7) is 2.41. The third-order valence-electron chi connectivity index (χ3n) is 3.66. The van der Waals surface area contributed by atoms with E-state index in [9.17, 15) is 8.78 Å². The van der Waals surface area contributed by atoms with Crippen LogP contribution in [0.25, 0.3) is 0 Å². The third-order valence-corrected chi connectivity index (χ3v) is 4.36. The normalized spacial score (nSPS) is 16.8. The first-order valence-corrected chi connectivity index (χ1v) is 7.85. The summed E-state index contributed by atoms with van der Waals surface area (Å²) >= 11 is 0.583. The van der Waals surface area contributed by atoms with E-state index in [2.05, 4.69) is 5.32 Å². The van der Waals surface area contributed by atoms with Gasteiger partial charge in [-0.2, -0.15) is 8.78 Å². The van der Waals surface area contributed by atoms with Crippen LogP contribution in [0.1, 0.15) is 30.8 Å². The molecule has 0 spiro atoms. The Bertz CT molecular complexity index is 408. The first kappa shape index (κ1) is 15.8. The molecule has 1 saturated carbocycles. The van der Waals surface area contributed by atoms with Crippen LogP contribution in [0.4, 0.5) is 8.78 Å². The quantitative estimate of drug-likeness (QED) is 0.715. The number of ether oxygens (including phenoxy) is 1. The molecule has 0 radical (unpaired) electrons. The van der Waals surface area contributed by atoms with Crippen LogP contribution in [-0.4, -0.2) is 26.0 Å². The van der Waals surface area contributed by atoms with Crippen LogP contribution in [0, 0.1) is 5.41 Å². The van der Waals surface area contributed by atoms with Crippen molar-refractivity contribution in [3.8, 4) is 0 Å². The fourth-order valence-electron chi connectivity index (χ4n) is 2.20. The van der Waals surface area contributed by atoms with Gasteiger partial charge in [-0.25, -0.2) is 0 Å². The zero-order valence-electron chi connectivity index (χ0n) is 11.7. The van der Waals surface area contributed by atoms with Crippen LogP contribution < -0.4 is 5.32 Å². The highest BCUT2D eigenvalue weighted by Gasteiger charge is 2.41. The van der Waals surface area contributed by atoms with Gasteiger partial charge in [0.1, 0.15) is 11.5 Å². The number of hydrogen-bond donors (Lipinski definition) is 1. The molecule has 1 fully saturated rings. The molecular formula is C14H21F2NO2S. The van der Waals surface area contributed by atoms with E-state index in [-0.39, 0.29) is 5.75 Å². The number of methoxy groups -OCH3 is 1. The zero-order valence-corrected chi connectivity index (χ0v) is 12.5. The lowest BCUT2D eigenvalue weighted by Crippen LogP contribution is -2.24. The number of halogens is 2. The zero-order chi connectivity index (χ0) is 14.4. The van der Waals surface area contributed by atoms with E-state index in [0.29, 0.717) is 29.5 Å². The molecule has 0 saturated heterocycles. The molecule has 0 aliphatic heterocycles. The smallest absolute Gasteiger partial charge is 0.284 e. The van der Waals surface area contributed by atoms with Gasteiger partial charge in [0.15, 0.2) is 0 Å². The van der Waals surface area contributed by atoms with E-state index in [4.69, 9.17) is 9.15 Å². The molecule has 20 heavy (non-hydrogen) atoms. The second kappa shape index (κ2) is 7.43. The molecule has 2 rings (SSSR count). The monoisotopic (exact) mass is 305 g/mol. The van der Waals surface area contributed by atoms with Crippen LogP contribution in [0.2, 0.25) is 0 Å². The molecule has 1 aromatic rings. The van der Waals surface area contributed by atoms with Crippen LogP contribution in [0.5, 0.6) is 0 Å². The highest BCUT2D eigenvalue weighted by molar-refractivity contribution is 7.98. The second-order valence-corrected chi connectivity index (χ2v) is 6.26. The average Bonchev–Trinajstić information content (AvgIpc) is 3.04. The number of alkyl halides is 2. The van der Waals surface area contributed by atoms with Crippen LogP contribution in [0.3, 0.4) is 0 Å². The molecule has 1 N–H and O–H groups in total. The van der Waals surface area contributed by atoms with Crippen LogP contribution >= 0.6 is 11.8 Å². The number of thioether (sulfide) groups is 1.